The highest BCUT2D eigenvalue weighted by Gasteiger charge is 2.08. The van der Waals surface area contributed by atoms with Gasteiger partial charge in [-0.15, -0.1) is 10.2 Å². The summed E-state index contributed by atoms with van der Waals surface area (Å²) in [6.45, 7) is 4.07. The fraction of sp³-hybridized carbons (Fsp3) is 0.111. The summed E-state index contributed by atoms with van der Waals surface area (Å²) in [6, 6.07) is 13.0. The highest BCUT2D eigenvalue weighted by Crippen LogP contribution is 2.23. The number of pyridine rings is 1. The van der Waals surface area contributed by atoms with Crippen molar-refractivity contribution in [3.05, 3.63) is 71.5 Å². The molecule has 0 aliphatic carbocycles. The predicted molar refractivity (Wildman–Crippen MR) is 93.4 cm³/mol. The quantitative estimate of drug-likeness (QED) is 0.769. The van der Waals surface area contributed by atoms with E-state index < -0.39 is 0 Å². The largest absolute Gasteiger partial charge is 0.338 e. The first-order chi connectivity index (χ1) is 11.6. The molecule has 2 aromatic heterocycles. The van der Waals surface area contributed by atoms with Crippen LogP contribution in [-0.2, 0) is 0 Å². The molecule has 0 radical (unpaired) electrons. The van der Waals surface area contributed by atoms with E-state index in [0.29, 0.717) is 17.2 Å². The van der Waals surface area contributed by atoms with E-state index in [4.69, 9.17) is 0 Å². The maximum absolute atomic E-state index is 12.0. The van der Waals surface area contributed by atoms with Crippen molar-refractivity contribution in [1.29, 1.82) is 0 Å². The number of carbonyl (C=O) groups excluding carboxylic acids is 1. The van der Waals surface area contributed by atoms with E-state index in [-0.39, 0.29) is 5.91 Å². The molecule has 6 heteroatoms. The number of amides is 1. The molecule has 120 valence electrons. The molecule has 0 atom stereocenters. The van der Waals surface area contributed by atoms with E-state index in [1.807, 2.05) is 32.0 Å². The van der Waals surface area contributed by atoms with Crippen molar-refractivity contribution in [3.8, 4) is 0 Å². The van der Waals surface area contributed by atoms with Gasteiger partial charge in [0.05, 0.1) is 5.56 Å². The molecule has 2 N–H and O–H groups in total. The van der Waals surface area contributed by atoms with Gasteiger partial charge < -0.3 is 10.6 Å². The van der Waals surface area contributed by atoms with Gasteiger partial charge >= 0.3 is 0 Å². The SMILES string of the molecule is Cc1cccc(C)c1Nc1ccc(NC(=O)c2cccnc2)nn1. The third-order valence-electron chi connectivity index (χ3n) is 3.56. The summed E-state index contributed by atoms with van der Waals surface area (Å²) >= 11 is 0. The molecule has 24 heavy (non-hydrogen) atoms. The van der Waals surface area contributed by atoms with E-state index in [2.05, 4.69) is 25.8 Å². The molecule has 3 rings (SSSR count). The lowest BCUT2D eigenvalue weighted by molar-refractivity contribution is 0.102. The summed E-state index contributed by atoms with van der Waals surface area (Å²) in [5, 5.41) is 14.1. The van der Waals surface area contributed by atoms with Crippen LogP contribution in [0.4, 0.5) is 17.3 Å². The summed E-state index contributed by atoms with van der Waals surface area (Å²) in [4.78, 5) is 16.0. The molecule has 0 fully saturated rings. The smallest absolute Gasteiger partial charge is 0.258 e. The van der Waals surface area contributed by atoms with Gasteiger partial charge in [-0.3, -0.25) is 9.78 Å². The number of anilines is 3. The van der Waals surface area contributed by atoms with Crippen molar-refractivity contribution >= 4 is 23.2 Å². The Balaban J connectivity index is 1.71. The van der Waals surface area contributed by atoms with Crippen molar-refractivity contribution < 1.29 is 4.79 Å². The van der Waals surface area contributed by atoms with Gasteiger partial charge in [-0.25, -0.2) is 0 Å². The topological polar surface area (TPSA) is 79.8 Å². The minimum atomic E-state index is -0.271. The van der Waals surface area contributed by atoms with Gasteiger partial charge in [-0.05, 0) is 49.2 Å². The molecule has 1 aromatic carbocycles. The molecular weight excluding hydrogens is 302 g/mol. The van der Waals surface area contributed by atoms with Crippen molar-refractivity contribution in [2.45, 2.75) is 13.8 Å². The van der Waals surface area contributed by atoms with Crippen LogP contribution in [0.25, 0.3) is 0 Å². The lowest BCUT2D eigenvalue weighted by atomic mass is 10.1. The summed E-state index contributed by atoms with van der Waals surface area (Å²) in [7, 11) is 0. The first-order valence-corrected chi connectivity index (χ1v) is 7.52. The normalized spacial score (nSPS) is 10.2. The molecule has 0 saturated heterocycles. The van der Waals surface area contributed by atoms with Crippen LogP contribution in [0.3, 0.4) is 0 Å². The Hall–Kier alpha value is -3.28. The van der Waals surface area contributed by atoms with Gasteiger partial charge in [-0.2, -0.15) is 0 Å². The molecule has 6 nitrogen and oxygen atoms in total. The van der Waals surface area contributed by atoms with Crippen LogP contribution in [0.15, 0.2) is 54.9 Å². The first-order valence-electron chi connectivity index (χ1n) is 7.52. The first kappa shape index (κ1) is 15.6. The molecule has 3 aromatic rings. The lowest BCUT2D eigenvalue weighted by Gasteiger charge is -2.11. The van der Waals surface area contributed by atoms with Gasteiger partial charge in [0.15, 0.2) is 11.6 Å². The van der Waals surface area contributed by atoms with E-state index in [9.17, 15) is 4.79 Å². The van der Waals surface area contributed by atoms with Crippen molar-refractivity contribution in [2.24, 2.45) is 0 Å². The van der Waals surface area contributed by atoms with Crippen LogP contribution in [0, 0.1) is 13.8 Å². The van der Waals surface area contributed by atoms with E-state index in [1.54, 1.807) is 30.5 Å². The maximum Gasteiger partial charge on any atom is 0.258 e. The zero-order valence-corrected chi connectivity index (χ0v) is 13.4. The number of para-hydroxylation sites is 1. The fourth-order valence-electron chi connectivity index (χ4n) is 2.29. The number of nitrogens with one attached hydrogen (secondary N) is 2. The third kappa shape index (κ3) is 3.55. The van der Waals surface area contributed by atoms with Gasteiger partial charge in [0.25, 0.3) is 5.91 Å². The number of aromatic nitrogens is 3. The number of hydrogen-bond acceptors (Lipinski definition) is 5. The number of hydrogen-bond donors (Lipinski definition) is 2. The Labute approximate surface area is 140 Å². The zero-order chi connectivity index (χ0) is 16.9. The van der Waals surface area contributed by atoms with Gasteiger partial charge in [-0.1, -0.05) is 18.2 Å². The van der Waals surface area contributed by atoms with E-state index in [0.717, 1.165) is 16.8 Å². The van der Waals surface area contributed by atoms with Crippen LogP contribution in [-0.4, -0.2) is 21.1 Å². The van der Waals surface area contributed by atoms with Gasteiger partial charge in [0.1, 0.15) is 0 Å². The summed E-state index contributed by atoms with van der Waals surface area (Å²) in [5.74, 6) is 0.732. The Morgan fingerprint density at radius 1 is 0.917 bits per heavy atom. The maximum atomic E-state index is 12.0. The van der Waals surface area contributed by atoms with Crippen molar-refractivity contribution in [1.82, 2.24) is 15.2 Å². The molecular formula is C18H17N5O. The second-order valence-corrected chi connectivity index (χ2v) is 5.39. The molecule has 2 heterocycles. The number of carbonyl (C=O) groups is 1. The van der Waals surface area contributed by atoms with Crippen LogP contribution in [0.1, 0.15) is 21.5 Å². The molecule has 1 amide bonds. The molecule has 0 bridgehead atoms. The second-order valence-electron chi connectivity index (χ2n) is 5.39. The van der Waals surface area contributed by atoms with Crippen LogP contribution in [0.2, 0.25) is 0 Å². The third-order valence-corrected chi connectivity index (χ3v) is 3.56. The standard InChI is InChI=1S/C18H17N5O/c1-12-5-3-6-13(2)17(12)20-15-8-9-16(23-22-15)21-18(24)14-7-4-10-19-11-14/h3-11H,1-2H3,(H,20,22)(H,21,23,24). The van der Waals surface area contributed by atoms with Crippen molar-refractivity contribution in [2.75, 3.05) is 10.6 Å². The summed E-state index contributed by atoms with van der Waals surface area (Å²) in [5.41, 5.74) is 3.74. The molecule has 0 aliphatic heterocycles. The Kier molecular flexibility index (Phi) is 4.47. The van der Waals surface area contributed by atoms with Crippen LogP contribution < -0.4 is 10.6 Å². The lowest BCUT2D eigenvalue weighted by Crippen LogP contribution is -2.13. The zero-order valence-electron chi connectivity index (χ0n) is 13.4. The average Bonchev–Trinajstić information content (AvgIpc) is 2.60. The number of benzene rings is 1. The minimum Gasteiger partial charge on any atom is -0.338 e. The molecule has 0 spiro atoms. The van der Waals surface area contributed by atoms with E-state index in [1.165, 1.54) is 6.20 Å². The second kappa shape index (κ2) is 6.87. The van der Waals surface area contributed by atoms with E-state index >= 15 is 0 Å². The molecule has 0 unspecified atom stereocenters. The molecule has 0 aliphatic rings. The van der Waals surface area contributed by atoms with Gasteiger partial charge in [0, 0.05) is 18.1 Å². The average molecular weight is 319 g/mol. The summed E-state index contributed by atoms with van der Waals surface area (Å²) in [6.07, 6.45) is 3.12. The Morgan fingerprint density at radius 2 is 1.62 bits per heavy atom. The Morgan fingerprint density at radius 3 is 2.25 bits per heavy atom. The predicted octanol–water partition coefficient (Wildman–Crippen LogP) is 3.48. The number of nitrogens with zero attached hydrogens (tertiary/aromatic N) is 3. The monoisotopic (exact) mass is 319 g/mol. The number of aryl methyl sites for hydroxylation is 2. The van der Waals surface area contributed by atoms with Crippen LogP contribution in [0.5, 0.6) is 0 Å². The summed E-state index contributed by atoms with van der Waals surface area (Å²) < 4.78 is 0. The highest BCUT2D eigenvalue weighted by molar-refractivity contribution is 6.03. The van der Waals surface area contributed by atoms with Crippen molar-refractivity contribution in [3.63, 3.8) is 0 Å². The van der Waals surface area contributed by atoms with Gasteiger partial charge in [0.2, 0.25) is 0 Å². The number of rotatable bonds is 4. The highest BCUT2D eigenvalue weighted by atomic mass is 16.1. The fourth-order valence-corrected chi connectivity index (χ4v) is 2.29. The Bertz CT molecular complexity index is 827. The van der Waals surface area contributed by atoms with Crippen LogP contribution >= 0.6 is 0 Å². The minimum absolute atomic E-state index is 0.271. The molecule has 0 saturated carbocycles.